The van der Waals surface area contributed by atoms with E-state index in [-0.39, 0.29) is 6.61 Å². The number of carbonyl (C=O) groups is 1. The summed E-state index contributed by atoms with van der Waals surface area (Å²) < 4.78 is 17.1. The fourth-order valence-corrected chi connectivity index (χ4v) is 3.18. The maximum Gasteiger partial charge on any atom is 0.340 e. The molecule has 0 unspecified atom stereocenters. The van der Waals surface area contributed by atoms with Crippen molar-refractivity contribution < 1.29 is 24.1 Å². The van der Waals surface area contributed by atoms with Crippen LogP contribution >= 0.6 is 11.6 Å². The molecular weight excluding hydrogens is 320 g/mol. The van der Waals surface area contributed by atoms with Crippen molar-refractivity contribution in [3.05, 3.63) is 34.9 Å². The van der Waals surface area contributed by atoms with Gasteiger partial charge in [-0.2, -0.15) is 0 Å². The Morgan fingerprint density at radius 3 is 2.78 bits per heavy atom. The van der Waals surface area contributed by atoms with Crippen LogP contribution in [0.2, 0.25) is 5.02 Å². The molecule has 1 aromatic carbocycles. The van der Waals surface area contributed by atoms with Crippen LogP contribution in [-0.2, 0) is 14.2 Å². The van der Waals surface area contributed by atoms with E-state index in [0.29, 0.717) is 10.6 Å². The third-order valence-corrected chi connectivity index (χ3v) is 4.58. The van der Waals surface area contributed by atoms with Crippen LogP contribution in [-0.4, -0.2) is 35.4 Å². The molecule has 1 saturated carbocycles. The first-order valence-corrected chi connectivity index (χ1v) is 8.29. The van der Waals surface area contributed by atoms with E-state index in [1.165, 1.54) is 6.07 Å². The van der Waals surface area contributed by atoms with Crippen molar-refractivity contribution in [1.29, 1.82) is 0 Å². The van der Waals surface area contributed by atoms with Crippen molar-refractivity contribution in [1.82, 2.24) is 0 Å². The molecule has 3 rings (SSSR count). The molecule has 1 heterocycles. The second-order valence-electron chi connectivity index (χ2n) is 6.48. The topological polar surface area (TPSA) is 65.0 Å². The van der Waals surface area contributed by atoms with Crippen LogP contribution in [0.1, 0.15) is 49.4 Å². The summed E-state index contributed by atoms with van der Waals surface area (Å²) in [6, 6.07) is 6.48. The molecule has 0 aromatic heterocycles. The molecule has 2 aliphatic rings. The first-order chi connectivity index (χ1) is 10.9. The number of carbonyl (C=O) groups excluding carboxylic acids is 1. The molecule has 1 aromatic rings. The van der Waals surface area contributed by atoms with Crippen LogP contribution in [0.25, 0.3) is 0 Å². The minimum Gasteiger partial charge on any atom is -0.429 e. The third-order valence-electron chi connectivity index (χ3n) is 4.35. The van der Waals surface area contributed by atoms with Crippen LogP contribution in [0.5, 0.6) is 0 Å². The second-order valence-corrected chi connectivity index (χ2v) is 6.92. The van der Waals surface area contributed by atoms with E-state index in [4.69, 9.17) is 25.8 Å². The minimum atomic E-state index is -1.39. The van der Waals surface area contributed by atoms with Gasteiger partial charge >= 0.3 is 5.97 Å². The van der Waals surface area contributed by atoms with Gasteiger partial charge in [-0.1, -0.05) is 24.1 Å². The normalized spacial score (nSPS) is 30.1. The Hall–Kier alpha value is -1.14. The Labute approximate surface area is 140 Å². The molecule has 6 heteroatoms. The van der Waals surface area contributed by atoms with Crippen molar-refractivity contribution in [3.63, 3.8) is 0 Å². The Kier molecular flexibility index (Phi) is 4.65. The summed E-state index contributed by atoms with van der Waals surface area (Å²) in [5, 5.41) is 10.9. The summed E-state index contributed by atoms with van der Waals surface area (Å²) in [4.78, 5) is 12.3. The standard InChI is InChI=1S/C17H21ClO5/c1-16(20)11-21-17(8-3-2-4-9-17)23-15(16)22-14(19)12-6-5-7-13(18)10-12/h5-7,10,15,20H,2-4,8-9,11H2,1H3/t15-,16-/m0/s1. The molecule has 1 N–H and O–H groups in total. The van der Waals surface area contributed by atoms with Crippen LogP contribution in [0.15, 0.2) is 24.3 Å². The van der Waals surface area contributed by atoms with Crippen molar-refractivity contribution in [3.8, 4) is 0 Å². The molecule has 23 heavy (non-hydrogen) atoms. The van der Waals surface area contributed by atoms with E-state index >= 15 is 0 Å². The van der Waals surface area contributed by atoms with Gasteiger partial charge in [-0.3, -0.25) is 0 Å². The van der Waals surface area contributed by atoms with Crippen LogP contribution < -0.4 is 0 Å². The molecular formula is C17H21ClO5. The maximum atomic E-state index is 12.3. The largest absolute Gasteiger partial charge is 0.429 e. The predicted molar refractivity (Wildman–Crippen MR) is 84.1 cm³/mol. The highest BCUT2D eigenvalue weighted by Crippen LogP contribution is 2.40. The zero-order chi connectivity index (χ0) is 16.5. The van der Waals surface area contributed by atoms with Gasteiger partial charge < -0.3 is 19.3 Å². The number of ether oxygens (including phenoxy) is 3. The average molecular weight is 341 g/mol. The van der Waals surface area contributed by atoms with Crippen molar-refractivity contribution in [2.45, 2.75) is 56.7 Å². The van der Waals surface area contributed by atoms with Crippen molar-refractivity contribution in [2.75, 3.05) is 6.61 Å². The summed E-state index contributed by atoms with van der Waals surface area (Å²) in [6.45, 7) is 1.61. The van der Waals surface area contributed by atoms with Gasteiger partial charge in [0.05, 0.1) is 12.2 Å². The molecule has 0 bridgehead atoms. The number of benzene rings is 1. The van der Waals surface area contributed by atoms with Crippen LogP contribution in [0, 0.1) is 0 Å². The van der Waals surface area contributed by atoms with Gasteiger partial charge in [-0.15, -0.1) is 0 Å². The lowest BCUT2D eigenvalue weighted by molar-refractivity contribution is -0.393. The second kappa shape index (κ2) is 6.40. The molecule has 1 spiro atoms. The van der Waals surface area contributed by atoms with Gasteiger partial charge in [-0.05, 0) is 38.0 Å². The first kappa shape index (κ1) is 16.7. The highest BCUT2D eigenvalue weighted by atomic mass is 35.5. The SMILES string of the molecule is C[C@]1(O)COC2(CCCCC2)O[C@@H]1OC(=O)c1cccc(Cl)c1. The smallest absolute Gasteiger partial charge is 0.340 e. The summed E-state index contributed by atoms with van der Waals surface area (Å²) in [7, 11) is 0. The number of aliphatic hydroxyl groups is 1. The van der Waals surface area contributed by atoms with Gasteiger partial charge in [-0.25, -0.2) is 4.79 Å². The average Bonchev–Trinajstić information content (AvgIpc) is 2.52. The molecule has 1 saturated heterocycles. The number of hydrogen-bond donors (Lipinski definition) is 1. The van der Waals surface area contributed by atoms with E-state index in [1.807, 2.05) is 0 Å². The molecule has 1 aliphatic carbocycles. The van der Waals surface area contributed by atoms with E-state index in [0.717, 1.165) is 32.1 Å². The Bertz CT molecular complexity index is 580. The highest BCUT2D eigenvalue weighted by Gasteiger charge is 2.50. The molecule has 2 atom stereocenters. The maximum absolute atomic E-state index is 12.3. The zero-order valence-corrected chi connectivity index (χ0v) is 13.8. The lowest BCUT2D eigenvalue weighted by atomic mass is 9.92. The third kappa shape index (κ3) is 3.69. The number of rotatable bonds is 2. The molecule has 0 amide bonds. The van der Waals surface area contributed by atoms with Crippen molar-refractivity contribution >= 4 is 17.6 Å². The summed E-state index contributed by atoms with van der Waals surface area (Å²) >= 11 is 5.90. The van der Waals surface area contributed by atoms with Gasteiger partial charge in [0, 0.05) is 17.9 Å². The fraction of sp³-hybridized carbons (Fsp3) is 0.588. The van der Waals surface area contributed by atoms with Gasteiger partial charge in [0.15, 0.2) is 5.79 Å². The molecule has 126 valence electrons. The number of hydrogen-bond acceptors (Lipinski definition) is 5. The van der Waals surface area contributed by atoms with Gasteiger partial charge in [0.25, 0.3) is 0 Å². The van der Waals surface area contributed by atoms with E-state index in [1.54, 1.807) is 25.1 Å². The lowest BCUT2D eigenvalue weighted by Crippen LogP contribution is -2.59. The number of halogens is 1. The van der Waals surface area contributed by atoms with Crippen LogP contribution in [0.4, 0.5) is 0 Å². The Morgan fingerprint density at radius 2 is 2.09 bits per heavy atom. The highest BCUT2D eigenvalue weighted by molar-refractivity contribution is 6.30. The first-order valence-electron chi connectivity index (χ1n) is 7.91. The van der Waals surface area contributed by atoms with Gasteiger partial charge in [0.1, 0.15) is 5.60 Å². The lowest BCUT2D eigenvalue weighted by Gasteiger charge is -2.48. The molecule has 0 radical (unpaired) electrons. The Morgan fingerprint density at radius 1 is 1.35 bits per heavy atom. The van der Waals surface area contributed by atoms with Crippen LogP contribution in [0.3, 0.4) is 0 Å². The van der Waals surface area contributed by atoms with Gasteiger partial charge in [0.2, 0.25) is 6.29 Å². The fourth-order valence-electron chi connectivity index (χ4n) is 2.99. The molecule has 2 fully saturated rings. The van der Waals surface area contributed by atoms with E-state index in [9.17, 15) is 9.90 Å². The predicted octanol–water partition coefficient (Wildman–Crippen LogP) is 3.28. The van der Waals surface area contributed by atoms with E-state index in [2.05, 4.69) is 0 Å². The molecule has 1 aliphatic heterocycles. The summed E-state index contributed by atoms with van der Waals surface area (Å²) in [6.07, 6.45) is 3.55. The van der Waals surface area contributed by atoms with Crippen molar-refractivity contribution in [2.24, 2.45) is 0 Å². The van der Waals surface area contributed by atoms with E-state index < -0.39 is 23.6 Å². The Balaban J connectivity index is 1.74. The minimum absolute atomic E-state index is 0.0699. The molecule has 5 nitrogen and oxygen atoms in total. The summed E-state index contributed by atoms with van der Waals surface area (Å²) in [5.74, 6) is -1.33. The quantitative estimate of drug-likeness (QED) is 0.837. The zero-order valence-electron chi connectivity index (χ0n) is 13.1. The monoisotopic (exact) mass is 340 g/mol. The number of esters is 1. The summed E-state index contributed by atoms with van der Waals surface area (Å²) in [5.41, 5.74) is -1.07.